The van der Waals surface area contributed by atoms with Crippen LogP contribution in [0.3, 0.4) is 0 Å². The van der Waals surface area contributed by atoms with Crippen molar-refractivity contribution in [3.63, 3.8) is 0 Å². The highest BCUT2D eigenvalue weighted by molar-refractivity contribution is 5.39. The summed E-state index contributed by atoms with van der Waals surface area (Å²) in [4.78, 5) is 4.66. The van der Waals surface area contributed by atoms with Gasteiger partial charge in [-0.05, 0) is 62.8 Å². The lowest BCUT2D eigenvalue weighted by Crippen LogP contribution is -2.16. The van der Waals surface area contributed by atoms with E-state index in [0.717, 1.165) is 30.5 Å². The minimum absolute atomic E-state index is 0.730. The van der Waals surface area contributed by atoms with Crippen LogP contribution in [-0.2, 0) is 13.0 Å². The monoisotopic (exact) mass is 284 g/mol. The number of aromatic nitrogens is 3. The zero-order chi connectivity index (χ0) is 15.0. The molecule has 0 radical (unpaired) electrons. The zero-order valence-electron chi connectivity index (χ0n) is 13.4. The number of rotatable bonds is 5. The van der Waals surface area contributed by atoms with Crippen LogP contribution >= 0.6 is 0 Å². The molecule has 4 nitrogen and oxygen atoms in total. The molecule has 0 amide bonds. The Morgan fingerprint density at radius 1 is 1.29 bits per heavy atom. The van der Waals surface area contributed by atoms with Crippen molar-refractivity contribution >= 4 is 0 Å². The molecule has 112 valence electrons. The maximum atomic E-state index is 4.66. The van der Waals surface area contributed by atoms with Gasteiger partial charge in [0, 0.05) is 24.5 Å². The van der Waals surface area contributed by atoms with Crippen molar-refractivity contribution in [3.8, 4) is 5.82 Å². The van der Waals surface area contributed by atoms with Gasteiger partial charge in [-0.25, -0.2) is 9.67 Å². The molecule has 0 spiro atoms. The van der Waals surface area contributed by atoms with E-state index in [1.807, 2.05) is 10.9 Å². The van der Waals surface area contributed by atoms with Crippen LogP contribution in [0.4, 0.5) is 0 Å². The number of pyridine rings is 1. The van der Waals surface area contributed by atoms with Crippen molar-refractivity contribution in [1.82, 2.24) is 20.1 Å². The second-order valence-corrected chi connectivity index (χ2v) is 6.05. The quantitative estimate of drug-likeness (QED) is 0.918. The first-order valence-electron chi connectivity index (χ1n) is 7.84. The molecule has 0 aliphatic heterocycles. The van der Waals surface area contributed by atoms with E-state index >= 15 is 0 Å². The third-order valence-electron chi connectivity index (χ3n) is 4.27. The Hall–Kier alpha value is -1.68. The molecule has 21 heavy (non-hydrogen) atoms. The van der Waals surface area contributed by atoms with Crippen molar-refractivity contribution in [2.24, 2.45) is 0 Å². The Labute approximate surface area is 126 Å². The molecule has 0 aromatic carbocycles. The van der Waals surface area contributed by atoms with Gasteiger partial charge >= 0.3 is 0 Å². The first-order chi connectivity index (χ1) is 10.1. The summed E-state index contributed by atoms with van der Waals surface area (Å²) in [5, 5.41) is 8.20. The van der Waals surface area contributed by atoms with E-state index in [2.05, 4.69) is 49.2 Å². The molecule has 0 unspecified atom stereocenters. The molecule has 1 aliphatic carbocycles. The fourth-order valence-corrected chi connectivity index (χ4v) is 2.89. The molecule has 0 bridgehead atoms. The van der Waals surface area contributed by atoms with E-state index in [9.17, 15) is 0 Å². The molecule has 4 heteroatoms. The van der Waals surface area contributed by atoms with Gasteiger partial charge < -0.3 is 5.32 Å². The van der Waals surface area contributed by atoms with Crippen LogP contribution in [0.1, 0.15) is 47.8 Å². The number of nitrogens with one attached hydrogen (secondary N) is 1. The van der Waals surface area contributed by atoms with E-state index in [4.69, 9.17) is 0 Å². The summed E-state index contributed by atoms with van der Waals surface area (Å²) in [6.45, 7) is 9.41. The first kappa shape index (κ1) is 14.3. The van der Waals surface area contributed by atoms with Crippen LogP contribution in [-0.4, -0.2) is 20.8 Å². The fourth-order valence-electron chi connectivity index (χ4n) is 2.89. The Balaban J connectivity index is 1.88. The van der Waals surface area contributed by atoms with Gasteiger partial charge in [-0.3, -0.25) is 0 Å². The predicted molar refractivity (Wildman–Crippen MR) is 84.8 cm³/mol. The topological polar surface area (TPSA) is 42.7 Å². The van der Waals surface area contributed by atoms with Crippen molar-refractivity contribution in [3.05, 3.63) is 40.3 Å². The normalized spacial score (nSPS) is 14.7. The lowest BCUT2D eigenvalue weighted by Gasteiger charge is -2.10. The minimum atomic E-state index is 0.730. The number of hydrogen-bond donors (Lipinski definition) is 1. The Morgan fingerprint density at radius 3 is 2.62 bits per heavy atom. The molecular formula is C17H24N4. The smallest absolute Gasteiger partial charge is 0.156 e. The average molecular weight is 284 g/mol. The van der Waals surface area contributed by atoms with Gasteiger partial charge in [-0.1, -0.05) is 6.92 Å². The summed E-state index contributed by atoms with van der Waals surface area (Å²) < 4.78 is 1.99. The minimum Gasteiger partial charge on any atom is -0.310 e. The Bertz CT molecular complexity index is 653. The Morgan fingerprint density at radius 2 is 2.05 bits per heavy atom. The highest BCUT2D eigenvalue weighted by Crippen LogP contribution is 2.21. The highest BCUT2D eigenvalue weighted by atomic mass is 15.3. The van der Waals surface area contributed by atoms with Gasteiger partial charge in [0.05, 0.1) is 5.69 Å². The molecule has 1 N–H and O–H groups in total. The van der Waals surface area contributed by atoms with Crippen LogP contribution in [0.2, 0.25) is 0 Å². The molecule has 1 fully saturated rings. The van der Waals surface area contributed by atoms with Gasteiger partial charge in [0.15, 0.2) is 5.82 Å². The van der Waals surface area contributed by atoms with Crippen molar-refractivity contribution < 1.29 is 0 Å². The third-order valence-corrected chi connectivity index (χ3v) is 4.27. The fraction of sp³-hybridized carbons (Fsp3) is 0.529. The lowest BCUT2D eigenvalue weighted by molar-refractivity contribution is 0.683. The van der Waals surface area contributed by atoms with Crippen LogP contribution < -0.4 is 5.32 Å². The van der Waals surface area contributed by atoms with Crippen molar-refractivity contribution in [2.75, 3.05) is 0 Å². The van der Waals surface area contributed by atoms with Crippen LogP contribution in [0.5, 0.6) is 0 Å². The summed E-state index contributed by atoms with van der Waals surface area (Å²) in [6, 6.07) is 2.95. The predicted octanol–water partition coefficient (Wildman–Crippen LogP) is 3.01. The molecule has 2 aromatic rings. The van der Waals surface area contributed by atoms with E-state index in [1.54, 1.807) is 0 Å². The summed E-state index contributed by atoms with van der Waals surface area (Å²) in [7, 11) is 0. The summed E-state index contributed by atoms with van der Waals surface area (Å²) >= 11 is 0. The van der Waals surface area contributed by atoms with Gasteiger partial charge in [0.1, 0.15) is 0 Å². The van der Waals surface area contributed by atoms with E-state index in [-0.39, 0.29) is 0 Å². The average Bonchev–Trinajstić information content (AvgIpc) is 3.23. The summed E-state index contributed by atoms with van der Waals surface area (Å²) in [5.74, 6) is 0.950. The second kappa shape index (κ2) is 5.60. The second-order valence-electron chi connectivity index (χ2n) is 6.05. The van der Waals surface area contributed by atoms with Crippen molar-refractivity contribution in [1.29, 1.82) is 0 Å². The maximum absolute atomic E-state index is 4.66. The zero-order valence-corrected chi connectivity index (χ0v) is 13.4. The SMILES string of the molecule is CCc1c(C)nn(-c2ncc(CNC3CC3)cc2C)c1C. The standard InChI is InChI=1S/C17H24N4/c1-5-16-12(3)20-21(13(16)4)17-11(2)8-14(10-19-17)9-18-15-6-7-15/h8,10,15,18H,5-7,9H2,1-4H3. The van der Waals surface area contributed by atoms with E-state index < -0.39 is 0 Å². The van der Waals surface area contributed by atoms with Gasteiger partial charge in [0.25, 0.3) is 0 Å². The molecular weight excluding hydrogens is 260 g/mol. The van der Waals surface area contributed by atoms with Crippen molar-refractivity contribution in [2.45, 2.75) is 59.5 Å². The maximum Gasteiger partial charge on any atom is 0.156 e. The summed E-state index contributed by atoms with van der Waals surface area (Å²) in [6.07, 6.45) is 5.62. The van der Waals surface area contributed by atoms with Gasteiger partial charge in [-0.2, -0.15) is 5.10 Å². The van der Waals surface area contributed by atoms with Crippen LogP contribution in [0.25, 0.3) is 5.82 Å². The van der Waals surface area contributed by atoms with Gasteiger partial charge in [-0.15, -0.1) is 0 Å². The molecule has 0 saturated heterocycles. The molecule has 2 heterocycles. The number of nitrogens with zero attached hydrogens (tertiary/aromatic N) is 3. The lowest BCUT2D eigenvalue weighted by atomic mass is 10.1. The molecule has 1 aliphatic rings. The number of aryl methyl sites for hydroxylation is 2. The molecule has 2 aromatic heterocycles. The molecule has 0 atom stereocenters. The summed E-state index contributed by atoms with van der Waals surface area (Å²) in [5.41, 5.74) is 6.07. The van der Waals surface area contributed by atoms with Crippen LogP contribution in [0, 0.1) is 20.8 Å². The first-order valence-corrected chi connectivity index (χ1v) is 7.84. The molecule has 1 saturated carbocycles. The number of hydrogen-bond acceptors (Lipinski definition) is 3. The van der Waals surface area contributed by atoms with Gasteiger partial charge in [0.2, 0.25) is 0 Å². The highest BCUT2D eigenvalue weighted by Gasteiger charge is 2.20. The molecule has 3 rings (SSSR count). The Kier molecular flexibility index (Phi) is 3.81. The van der Waals surface area contributed by atoms with E-state index in [0.29, 0.717) is 0 Å². The van der Waals surface area contributed by atoms with E-state index in [1.165, 1.54) is 35.2 Å². The largest absolute Gasteiger partial charge is 0.310 e. The van der Waals surface area contributed by atoms with Crippen LogP contribution in [0.15, 0.2) is 12.3 Å². The third kappa shape index (κ3) is 2.86.